The highest BCUT2D eigenvalue weighted by atomic mass is 16.2. The zero-order chi connectivity index (χ0) is 23.8. The van der Waals surface area contributed by atoms with Gasteiger partial charge in [0.15, 0.2) is 0 Å². The number of hydrogen-bond donors (Lipinski definition) is 2. The summed E-state index contributed by atoms with van der Waals surface area (Å²) in [5, 5.41) is 5.50. The van der Waals surface area contributed by atoms with Crippen LogP contribution in [-0.2, 0) is 9.59 Å². The van der Waals surface area contributed by atoms with E-state index in [0.29, 0.717) is 33.9 Å². The number of hydrogen-bond acceptors (Lipinski definition) is 4. The van der Waals surface area contributed by atoms with Gasteiger partial charge in [-0.15, -0.1) is 0 Å². The Kier molecular flexibility index (Phi) is 5.18. The summed E-state index contributed by atoms with van der Waals surface area (Å²) >= 11 is 0. The average Bonchev–Trinajstić information content (AvgIpc) is 3.08. The molecular formula is C26H20N4O4. The Hall–Kier alpha value is -4.72. The summed E-state index contributed by atoms with van der Waals surface area (Å²) < 4.78 is 0. The first-order valence-electron chi connectivity index (χ1n) is 10.6. The average molecular weight is 452 g/mol. The Labute approximate surface area is 195 Å². The van der Waals surface area contributed by atoms with E-state index in [1.807, 2.05) is 6.07 Å². The highest BCUT2D eigenvalue weighted by molar-refractivity contribution is 6.15. The number of para-hydroxylation sites is 2. The zero-order valence-electron chi connectivity index (χ0n) is 18.1. The van der Waals surface area contributed by atoms with Gasteiger partial charge in [-0.2, -0.15) is 0 Å². The van der Waals surface area contributed by atoms with Crippen molar-refractivity contribution >= 4 is 46.4 Å². The molecule has 0 aromatic heterocycles. The molecule has 0 saturated carbocycles. The van der Waals surface area contributed by atoms with Gasteiger partial charge in [0.25, 0.3) is 11.8 Å². The molecule has 0 spiro atoms. The number of nitrogens with one attached hydrogen (secondary N) is 2. The van der Waals surface area contributed by atoms with Gasteiger partial charge in [0.05, 0.1) is 11.4 Å². The Morgan fingerprint density at radius 2 is 1.59 bits per heavy atom. The predicted octanol–water partition coefficient (Wildman–Crippen LogP) is 3.35. The smallest absolute Gasteiger partial charge is 0.259 e. The van der Waals surface area contributed by atoms with Crippen molar-refractivity contribution in [1.82, 2.24) is 4.90 Å². The van der Waals surface area contributed by atoms with E-state index in [-0.39, 0.29) is 36.7 Å². The van der Waals surface area contributed by atoms with Gasteiger partial charge in [-0.05, 0) is 42.5 Å². The third kappa shape index (κ3) is 3.71. The van der Waals surface area contributed by atoms with Crippen LogP contribution in [0.1, 0.15) is 26.3 Å². The number of carbonyl (C=O) groups is 4. The van der Waals surface area contributed by atoms with Crippen molar-refractivity contribution < 1.29 is 19.2 Å². The van der Waals surface area contributed by atoms with Crippen molar-refractivity contribution in [2.75, 3.05) is 28.6 Å². The third-order valence-corrected chi connectivity index (χ3v) is 5.77. The monoisotopic (exact) mass is 452 g/mol. The van der Waals surface area contributed by atoms with E-state index < -0.39 is 0 Å². The summed E-state index contributed by atoms with van der Waals surface area (Å²) in [6.45, 7) is 3.69. The van der Waals surface area contributed by atoms with Crippen LogP contribution in [0, 0.1) is 0 Å². The molecule has 3 aromatic carbocycles. The van der Waals surface area contributed by atoms with E-state index >= 15 is 0 Å². The molecule has 0 unspecified atom stereocenters. The van der Waals surface area contributed by atoms with Gasteiger partial charge in [0, 0.05) is 28.1 Å². The van der Waals surface area contributed by atoms with E-state index in [2.05, 4.69) is 17.2 Å². The SMILES string of the molecule is C=C1c2ccccc2C(=O)N1CC(=O)Nc1ccc(C(=O)N2CC(=O)Nc3ccccc32)cc1. The second kappa shape index (κ2) is 8.32. The molecule has 2 aliphatic rings. The summed E-state index contributed by atoms with van der Waals surface area (Å²) in [7, 11) is 0. The van der Waals surface area contributed by atoms with Crippen LogP contribution < -0.4 is 15.5 Å². The predicted molar refractivity (Wildman–Crippen MR) is 128 cm³/mol. The van der Waals surface area contributed by atoms with Gasteiger partial charge < -0.3 is 10.6 Å². The molecule has 2 N–H and O–H groups in total. The van der Waals surface area contributed by atoms with Gasteiger partial charge in [-0.3, -0.25) is 29.0 Å². The summed E-state index contributed by atoms with van der Waals surface area (Å²) in [5.41, 5.74) is 3.79. The van der Waals surface area contributed by atoms with Crippen molar-refractivity contribution in [3.8, 4) is 0 Å². The lowest BCUT2D eigenvalue weighted by Gasteiger charge is -2.29. The molecule has 4 amide bonds. The Morgan fingerprint density at radius 3 is 2.32 bits per heavy atom. The zero-order valence-corrected chi connectivity index (χ0v) is 18.1. The highest BCUT2D eigenvalue weighted by Crippen LogP contribution is 2.31. The lowest BCUT2D eigenvalue weighted by molar-refractivity contribution is -0.116. The van der Waals surface area contributed by atoms with Gasteiger partial charge in [-0.1, -0.05) is 36.9 Å². The standard InChI is InChI=1S/C26H20N4O4/c1-16-19-6-2-3-7-20(19)26(34)29(16)14-23(31)27-18-12-10-17(11-13-18)25(33)30-15-24(32)28-21-8-4-5-9-22(21)30/h2-13H,1,14-15H2,(H,27,31)(H,28,32). The summed E-state index contributed by atoms with van der Waals surface area (Å²) in [6, 6.07) is 20.6. The van der Waals surface area contributed by atoms with Crippen LogP contribution in [0.15, 0.2) is 79.4 Å². The summed E-state index contributed by atoms with van der Waals surface area (Å²) in [5.74, 6) is -1.24. The number of amides is 4. The quantitative estimate of drug-likeness (QED) is 0.634. The molecule has 0 atom stereocenters. The van der Waals surface area contributed by atoms with Crippen molar-refractivity contribution in [1.29, 1.82) is 0 Å². The van der Waals surface area contributed by atoms with Crippen LogP contribution in [0.3, 0.4) is 0 Å². The second-order valence-electron chi connectivity index (χ2n) is 7.97. The van der Waals surface area contributed by atoms with Crippen LogP contribution in [-0.4, -0.2) is 41.6 Å². The van der Waals surface area contributed by atoms with E-state index in [4.69, 9.17) is 0 Å². The number of fused-ring (bicyclic) bond motifs is 2. The first-order chi connectivity index (χ1) is 16.4. The highest BCUT2D eigenvalue weighted by Gasteiger charge is 2.32. The third-order valence-electron chi connectivity index (χ3n) is 5.77. The lowest BCUT2D eigenvalue weighted by Crippen LogP contribution is -2.42. The molecule has 0 aliphatic carbocycles. The lowest BCUT2D eigenvalue weighted by atomic mass is 10.1. The number of carbonyl (C=O) groups excluding carboxylic acids is 4. The molecule has 0 bridgehead atoms. The summed E-state index contributed by atoms with van der Waals surface area (Å²) in [6.07, 6.45) is 0. The van der Waals surface area contributed by atoms with Gasteiger partial charge >= 0.3 is 0 Å². The van der Waals surface area contributed by atoms with Crippen LogP contribution in [0.5, 0.6) is 0 Å². The van der Waals surface area contributed by atoms with Crippen molar-refractivity contribution in [3.05, 3.63) is 96.1 Å². The van der Waals surface area contributed by atoms with E-state index in [0.717, 1.165) is 5.56 Å². The maximum atomic E-state index is 13.1. The summed E-state index contributed by atoms with van der Waals surface area (Å²) in [4.78, 5) is 53.0. The Balaban J connectivity index is 1.26. The number of benzene rings is 3. The number of nitrogens with zero attached hydrogens (tertiary/aromatic N) is 2. The van der Waals surface area contributed by atoms with Crippen LogP contribution in [0.4, 0.5) is 17.1 Å². The maximum absolute atomic E-state index is 13.1. The molecule has 2 heterocycles. The molecule has 0 saturated heterocycles. The van der Waals surface area contributed by atoms with Crippen LogP contribution in [0.25, 0.3) is 5.70 Å². The minimum Gasteiger partial charge on any atom is -0.325 e. The topological polar surface area (TPSA) is 98.8 Å². The Morgan fingerprint density at radius 1 is 0.912 bits per heavy atom. The first-order valence-corrected chi connectivity index (χ1v) is 10.6. The molecule has 0 fully saturated rings. The minimum atomic E-state index is -0.386. The molecule has 168 valence electrons. The second-order valence-corrected chi connectivity index (χ2v) is 7.97. The van der Waals surface area contributed by atoms with Crippen LogP contribution in [0.2, 0.25) is 0 Å². The molecule has 8 heteroatoms. The van der Waals surface area contributed by atoms with Gasteiger partial charge in [0.2, 0.25) is 11.8 Å². The fourth-order valence-corrected chi connectivity index (χ4v) is 4.11. The fraction of sp³-hybridized carbons (Fsp3) is 0.0769. The molecular weight excluding hydrogens is 432 g/mol. The van der Waals surface area contributed by atoms with E-state index in [1.54, 1.807) is 66.7 Å². The fourth-order valence-electron chi connectivity index (χ4n) is 4.11. The largest absolute Gasteiger partial charge is 0.325 e. The number of anilines is 3. The molecule has 34 heavy (non-hydrogen) atoms. The first kappa shape index (κ1) is 21.1. The minimum absolute atomic E-state index is 0.0789. The van der Waals surface area contributed by atoms with E-state index in [1.165, 1.54) is 9.80 Å². The molecule has 3 aromatic rings. The van der Waals surface area contributed by atoms with Crippen molar-refractivity contribution in [2.24, 2.45) is 0 Å². The molecule has 0 radical (unpaired) electrons. The van der Waals surface area contributed by atoms with Crippen molar-refractivity contribution in [3.63, 3.8) is 0 Å². The van der Waals surface area contributed by atoms with Gasteiger partial charge in [-0.25, -0.2) is 0 Å². The Bertz CT molecular complexity index is 1330. The molecule has 2 aliphatic heterocycles. The number of rotatable bonds is 4. The normalized spacial score (nSPS) is 14.4. The van der Waals surface area contributed by atoms with Crippen molar-refractivity contribution in [2.45, 2.75) is 0 Å². The van der Waals surface area contributed by atoms with E-state index in [9.17, 15) is 19.2 Å². The molecule has 5 rings (SSSR count). The molecule has 8 nitrogen and oxygen atoms in total. The maximum Gasteiger partial charge on any atom is 0.259 e. The van der Waals surface area contributed by atoms with Crippen LogP contribution >= 0.6 is 0 Å². The van der Waals surface area contributed by atoms with Gasteiger partial charge in [0.1, 0.15) is 13.1 Å².